The second-order valence-electron chi connectivity index (χ2n) is 4.52. The maximum absolute atomic E-state index is 13.2. The van der Waals surface area contributed by atoms with Crippen LogP contribution in [0.25, 0.3) is 0 Å². The van der Waals surface area contributed by atoms with Gasteiger partial charge < -0.3 is 4.74 Å². The fourth-order valence-electron chi connectivity index (χ4n) is 2.35. The third-order valence-corrected chi connectivity index (χ3v) is 3.40. The Morgan fingerprint density at radius 2 is 2.11 bits per heavy atom. The third-order valence-electron chi connectivity index (χ3n) is 3.16. The minimum absolute atomic E-state index is 0.173. The molecule has 1 aromatic rings. The summed E-state index contributed by atoms with van der Waals surface area (Å²) in [7, 11) is 0. The van der Waals surface area contributed by atoms with Gasteiger partial charge in [-0.3, -0.25) is 4.79 Å². The van der Waals surface area contributed by atoms with E-state index in [-0.39, 0.29) is 6.61 Å². The second-order valence-corrected chi connectivity index (χ2v) is 4.96. The van der Waals surface area contributed by atoms with Crippen molar-refractivity contribution in [2.24, 2.45) is 0 Å². The minimum atomic E-state index is -2.81. The lowest BCUT2D eigenvalue weighted by Crippen LogP contribution is -2.55. The molecule has 5 heteroatoms. The van der Waals surface area contributed by atoms with Crippen LogP contribution in [-0.2, 0) is 14.9 Å². The molecular formula is C13H13ClF2O2. The molecule has 0 N–H and O–H groups in total. The van der Waals surface area contributed by atoms with Gasteiger partial charge in [0.05, 0.1) is 6.61 Å². The zero-order chi connectivity index (χ0) is 13.4. The zero-order valence-corrected chi connectivity index (χ0v) is 10.6. The molecule has 18 heavy (non-hydrogen) atoms. The van der Waals surface area contributed by atoms with Crippen LogP contribution in [0.4, 0.5) is 8.78 Å². The summed E-state index contributed by atoms with van der Waals surface area (Å²) >= 11 is 5.85. The molecule has 0 unspecified atom stereocenters. The number of hydrogen-bond acceptors (Lipinski definition) is 2. The summed E-state index contributed by atoms with van der Waals surface area (Å²) in [6.45, 7) is 1.83. The van der Waals surface area contributed by atoms with Crippen molar-refractivity contribution in [1.29, 1.82) is 0 Å². The van der Waals surface area contributed by atoms with Gasteiger partial charge in [0.2, 0.25) is 0 Å². The van der Waals surface area contributed by atoms with Gasteiger partial charge in [0.1, 0.15) is 5.41 Å². The van der Waals surface area contributed by atoms with Gasteiger partial charge in [-0.05, 0) is 24.6 Å². The van der Waals surface area contributed by atoms with E-state index in [9.17, 15) is 13.6 Å². The first-order valence-corrected chi connectivity index (χ1v) is 6.08. The van der Waals surface area contributed by atoms with Crippen LogP contribution in [0, 0.1) is 0 Å². The SMILES string of the molecule is CCOC(=O)C1(c2cccc(Cl)c2)CC(F)(F)C1. The van der Waals surface area contributed by atoms with E-state index in [0.717, 1.165) is 0 Å². The van der Waals surface area contributed by atoms with Crippen molar-refractivity contribution in [2.45, 2.75) is 31.1 Å². The summed E-state index contributed by atoms with van der Waals surface area (Å²) in [5, 5.41) is 0.423. The number of rotatable bonds is 3. The van der Waals surface area contributed by atoms with E-state index in [2.05, 4.69) is 0 Å². The number of esters is 1. The summed E-state index contributed by atoms with van der Waals surface area (Å²) in [6.07, 6.45) is -1.03. The lowest BCUT2D eigenvalue weighted by molar-refractivity contribution is -0.179. The third kappa shape index (κ3) is 2.21. The smallest absolute Gasteiger partial charge is 0.317 e. The van der Waals surface area contributed by atoms with E-state index in [1.54, 1.807) is 31.2 Å². The Morgan fingerprint density at radius 1 is 1.44 bits per heavy atom. The van der Waals surface area contributed by atoms with Crippen molar-refractivity contribution >= 4 is 17.6 Å². The van der Waals surface area contributed by atoms with Crippen molar-refractivity contribution in [3.05, 3.63) is 34.9 Å². The molecule has 1 fully saturated rings. The van der Waals surface area contributed by atoms with Gasteiger partial charge in [-0.25, -0.2) is 8.78 Å². The summed E-state index contributed by atoms with van der Waals surface area (Å²) in [6, 6.07) is 6.47. The van der Waals surface area contributed by atoms with Crippen molar-refractivity contribution in [2.75, 3.05) is 6.61 Å². The van der Waals surface area contributed by atoms with Crippen molar-refractivity contribution in [1.82, 2.24) is 0 Å². The van der Waals surface area contributed by atoms with Crippen LogP contribution >= 0.6 is 11.6 Å². The van der Waals surface area contributed by atoms with Crippen LogP contribution < -0.4 is 0 Å². The topological polar surface area (TPSA) is 26.3 Å². The lowest BCUT2D eigenvalue weighted by atomic mass is 9.62. The highest BCUT2D eigenvalue weighted by Crippen LogP contribution is 2.54. The number of benzene rings is 1. The minimum Gasteiger partial charge on any atom is -0.465 e. The molecule has 1 saturated carbocycles. The van der Waals surface area contributed by atoms with Crippen LogP contribution in [0.15, 0.2) is 24.3 Å². The average molecular weight is 275 g/mol. The van der Waals surface area contributed by atoms with E-state index in [4.69, 9.17) is 16.3 Å². The largest absolute Gasteiger partial charge is 0.465 e. The number of alkyl halides is 2. The molecule has 0 radical (unpaired) electrons. The van der Waals surface area contributed by atoms with E-state index < -0.39 is 30.1 Å². The standard InChI is InChI=1S/C13H13ClF2O2/c1-2-18-11(17)12(7-13(15,16)8-12)9-4-3-5-10(14)6-9/h3-6H,2,7-8H2,1H3. The van der Waals surface area contributed by atoms with E-state index in [1.807, 2.05) is 0 Å². The van der Waals surface area contributed by atoms with Crippen LogP contribution in [0.1, 0.15) is 25.3 Å². The van der Waals surface area contributed by atoms with E-state index in [1.165, 1.54) is 0 Å². The van der Waals surface area contributed by atoms with Crippen molar-refractivity contribution in [3.8, 4) is 0 Å². The van der Waals surface area contributed by atoms with Gasteiger partial charge in [-0.1, -0.05) is 23.7 Å². The number of hydrogen-bond donors (Lipinski definition) is 0. The number of carbonyl (C=O) groups is 1. The fraction of sp³-hybridized carbons (Fsp3) is 0.462. The predicted octanol–water partition coefficient (Wildman–Crippen LogP) is 3.57. The molecule has 98 valence electrons. The van der Waals surface area contributed by atoms with Gasteiger partial charge in [0.25, 0.3) is 5.92 Å². The summed E-state index contributed by atoms with van der Waals surface area (Å²) in [4.78, 5) is 11.9. The molecule has 1 aromatic carbocycles. The summed E-state index contributed by atoms with van der Waals surface area (Å²) < 4.78 is 31.3. The van der Waals surface area contributed by atoms with Gasteiger partial charge >= 0.3 is 5.97 Å². The molecule has 1 aliphatic rings. The average Bonchev–Trinajstić information content (AvgIpc) is 2.25. The van der Waals surface area contributed by atoms with E-state index >= 15 is 0 Å². The number of ether oxygens (including phenoxy) is 1. The van der Waals surface area contributed by atoms with Crippen LogP contribution in [0.5, 0.6) is 0 Å². The molecule has 0 spiro atoms. The molecule has 0 atom stereocenters. The van der Waals surface area contributed by atoms with Crippen molar-refractivity contribution in [3.63, 3.8) is 0 Å². The van der Waals surface area contributed by atoms with Gasteiger partial charge in [-0.15, -0.1) is 0 Å². The van der Waals surface area contributed by atoms with Gasteiger partial charge in [0.15, 0.2) is 0 Å². The van der Waals surface area contributed by atoms with Gasteiger partial charge in [0, 0.05) is 17.9 Å². The Balaban J connectivity index is 2.35. The molecule has 2 rings (SSSR count). The fourth-order valence-corrected chi connectivity index (χ4v) is 2.54. The number of halogens is 3. The number of carbonyl (C=O) groups excluding carboxylic acids is 1. The first-order chi connectivity index (χ1) is 8.39. The van der Waals surface area contributed by atoms with Gasteiger partial charge in [-0.2, -0.15) is 0 Å². The van der Waals surface area contributed by atoms with Crippen LogP contribution in [-0.4, -0.2) is 18.5 Å². The molecule has 1 aliphatic carbocycles. The Labute approximate surface area is 109 Å². The Hall–Kier alpha value is -1.16. The molecule has 0 heterocycles. The molecule has 0 saturated heterocycles. The quantitative estimate of drug-likeness (QED) is 0.788. The Kier molecular flexibility index (Phi) is 3.32. The lowest BCUT2D eigenvalue weighted by Gasteiger charge is -2.45. The molecular weight excluding hydrogens is 262 g/mol. The molecule has 0 amide bonds. The molecule has 0 aliphatic heterocycles. The van der Waals surface area contributed by atoms with Crippen LogP contribution in [0.3, 0.4) is 0 Å². The van der Waals surface area contributed by atoms with E-state index in [0.29, 0.717) is 10.6 Å². The Morgan fingerprint density at radius 3 is 2.61 bits per heavy atom. The van der Waals surface area contributed by atoms with Crippen LogP contribution in [0.2, 0.25) is 5.02 Å². The second kappa shape index (κ2) is 4.50. The zero-order valence-electron chi connectivity index (χ0n) is 9.88. The first kappa shape index (κ1) is 13.3. The molecule has 0 bridgehead atoms. The Bertz CT molecular complexity index is 466. The summed E-state index contributed by atoms with van der Waals surface area (Å²) in [5.41, 5.74) is -0.746. The maximum Gasteiger partial charge on any atom is 0.317 e. The predicted molar refractivity (Wildman–Crippen MR) is 63.9 cm³/mol. The highest BCUT2D eigenvalue weighted by molar-refractivity contribution is 6.30. The highest BCUT2D eigenvalue weighted by atomic mass is 35.5. The maximum atomic E-state index is 13.2. The molecule has 0 aromatic heterocycles. The summed E-state index contributed by atoms with van der Waals surface area (Å²) in [5.74, 6) is -3.41. The monoisotopic (exact) mass is 274 g/mol. The normalized spacial score (nSPS) is 20.0. The highest BCUT2D eigenvalue weighted by Gasteiger charge is 2.62. The van der Waals surface area contributed by atoms with Crippen molar-refractivity contribution < 1.29 is 18.3 Å². The first-order valence-electron chi connectivity index (χ1n) is 5.71. The molecule has 2 nitrogen and oxygen atoms in total.